The third-order valence-corrected chi connectivity index (χ3v) is 12.5. The van der Waals surface area contributed by atoms with E-state index in [1.807, 2.05) is 42.5 Å². The van der Waals surface area contributed by atoms with Crippen LogP contribution in [0.2, 0.25) is 15.2 Å². The van der Waals surface area contributed by atoms with Gasteiger partial charge in [0.25, 0.3) is 0 Å². The van der Waals surface area contributed by atoms with Gasteiger partial charge in [0.2, 0.25) is 0 Å². The zero-order valence-electron chi connectivity index (χ0n) is 36.0. The molecule has 0 atom stereocenters. The van der Waals surface area contributed by atoms with Gasteiger partial charge in [-0.2, -0.15) is 0 Å². The maximum atomic E-state index is 13.0. The van der Waals surface area contributed by atoms with Gasteiger partial charge < -0.3 is 32.3 Å². The molecular formula is C48H57Cl3N10O2. The van der Waals surface area contributed by atoms with Crippen LogP contribution in [0, 0.1) is 11.8 Å². The van der Waals surface area contributed by atoms with E-state index in [0.717, 1.165) is 77.6 Å². The summed E-state index contributed by atoms with van der Waals surface area (Å²) < 4.78 is 0. The SMILES string of the molecule is CN1CCC(CN)CC1.CN1CCC(CNc2ncc(Cl)cc2C(=O)CCc2ccc3c(N)nccc3c2)CC1.Nc1nccc2cc(CCC(=O)c3cc(Cl)cnc3Cl)ccc12. The predicted molar refractivity (Wildman–Crippen MR) is 259 cm³/mol. The summed E-state index contributed by atoms with van der Waals surface area (Å²) in [6.07, 6.45) is 13.2. The first-order valence-corrected chi connectivity index (χ1v) is 22.6. The maximum Gasteiger partial charge on any atom is 0.166 e. The number of fused-ring (bicyclic) bond motifs is 2. The molecule has 0 bridgehead atoms. The molecule has 4 aromatic heterocycles. The van der Waals surface area contributed by atoms with Gasteiger partial charge >= 0.3 is 0 Å². The number of ketones is 2. The topological polar surface area (TPSA) is 182 Å². The minimum atomic E-state index is -0.0839. The number of rotatable bonds is 12. The Hall–Kier alpha value is -4.95. The van der Waals surface area contributed by atoms with E-state index in [2.05, 4.69) is 55.2 Å². The molecule has 2 fully saturated rings. The van der Waals surface area contributed by atoms with Crippen LogP contribution in [0.25, 0.3) is 21.5 Å². The fourth-order valence-corrected chi connectivity index (χ4v) is 8.34. The highest BCUT2D eigenvalue weighted by molar-refractivity contribution is 6.34. The summed E-state index contributed by atoms with van der Waals surface area (Å²) >= 11 is 18.0. The van der Waals surface area contributed by atoms with Gasteiger partial charge in [0.05, 0.1) is 21.2 Å². The highest BCUT2D eigenvalue weighted by Gasteiger charge is 2.20. The third kappa shape index (κ3) is 13.8. The first-order valence-electron chi connectivity index (χ1n) is 21.5. The quantitative estimate of drug-likeness (QED) is 0.0677. The van der Waals surface area contributed by atoms with Crippen LogP contribution in [0.1, 0.15) is 70.4 Å². The third-order valence-electron chi connectivity index (χ3n) is 11.8. The Morgan fingerprint density at radius 1 is 0.651 bits per heavy atom. The lowest BCUT2D eigenvalue weighted by atomic mass is 9.97. The number of aromatic nitrogens is 4. The second-order valence-corrected chi connectivity index (χ2v) is 17.7. The monoisotopic (exact) mass is 910 g/mol. The fraction of sp³-hybridized carbons (Fsp3) is 0.375. The summed E-state index contributed by atoms with van der Waals surface area (Å²) in [4.78, 5) is 46.5. The largest absolute Gasteiger partial charge is 0.383 e. The van der Waals surface area contributed by atoms with Crippen LogP contribution in [-0.2, 0) is 12.8 Å². The van der Waals surface area contributed by atoms with E-state index in [9.17, 15) is 9.59 Å². The number of nitrogens with two attached hydrogens (primary N) is 3. The Kier molecular flexibility index (Phi) is 17.4. The predicted octanol–water partition coefficient (Wildman–Crippen LogP) is 9.06. The number of hydrogen-bond donors (Lipinski definition) is 4. The van der Waals surface area contributed by atoms with Crippen LogP contribution in [0.15, 0.2) is 85.5 Å². The van der Waals surface area contributed by atoms with Gasteiger partial charge in [-0.3, -0.25) is 9.59 Å². The Labute approximate surface area is 384 Å². The molecule has 6 aromatic rings. The number of nitrogens with zero attached hydrogens (tertiary/aromatic N) is 6. The van der Waals surface area contributed by atoms with Crippen LogP contribution in [0.5, 0.6) is 0 Å². The molecule has 332 valence electrons. The Morgan fingerprint density at radius 3 is 1.65 bits per heavy atom. The Balaban J connectivity index is 0.000000180. The molecule has 2 aliphatic heterocycles. The van der Waals surface area contributed by atoms with Crippen molar-refractivity contribution in [2.75, 3.05) is 70.1 Å². The number of hydrogen-bond acceptors (Lipinski definition) is 12. The summed E-state index contributed by atoms with van der Waals surface area (Å²) in [6, 6.07) is 19.0. The zero-order chi connectivity index (χ0) is 44.9. The number of halogens is 3. The van der Waals surface area contributed by atoms with Crippen LogP contribution < -0.4 is 22.5 Å². The fourth-order valence-electron chi connectivity index (χ4n) is 7.81. The van der Waals surface area contributed by atoms with Gasteiger partial charge in [-0.1, -0.05) is 71.2 Å². The second-order valence-electron chi connectivity index (χ2n) is 16.5. The lowest BCUT2D eigenvalue weighted by Crippen LogP contribution is -2.33. The molecule has 0 amide bonds. The standard InChI is InChI=1S/C24H28ClN5O.C17H13Cl2N3O.C7H16N2/c1-30-10-7-17(8-11-30)14-28-24-21(13-19(25)15-29-24)22(31)5-3-16-2-4-20-18(12-16)6-9-27-23(20)26;18-12-8-14(16(19)22-9-12)15(23)4-2-10-1-3-13-11(7-10)5-6-21-17(13)20;1-9-4-2-7(6-8)3-5-9/h2,4,6,9,12-13,15,17H,3,5,7-8,10-11,14H2,1H3,(H2,26,27)(H,28,29);1,3,5-9H,2,4H2,(H2,20,21);7H,2-6,8H2,1H3. The molecule has 0 spiro atoms. The summed E-state index contributed by atoms with van der Waals surface area (Å²) in [5, 5.41) is 8.32. The van der Waals surface area contributed by atoms with Gasteiger partial charge in [-0.05, 0) is 143 Å². The molecule has 0 radical (unpaired) electrons. The highest BCUT2D eigenvalue weighted by Crippen LogP contribution is 2.26. The molecule has 2 aromatic carbocycles. The van der Waals surface area contributed by atoms with Gasteiger partial charge in [0, 0.05) is 54.9 Å². The van der Waals surface area contributed by atoms with Crippen LogP contribution >= 0.6 is 34.8 Å². The number of carbonyl (C=O) groups is 2. The molecule has 2 aliphatic rings. The molecule has 7 N–H and O–H groups in total. The number of aryl methyl sites for hydroxylation is 2. The minimum absolute atomic E-state index is 0.0372. The van der Waals surface area contributed by atoms with Gasteiger partial charge in [0.1, 0.15) is 22.6 Å². The smallest absolute Gasteiger partial charge is 0.166 e. The molecule has 0 aliphatic carbocycles. The highest BCUT2D eigenvalue weighted by atomic mass is 35.5. The van der Waals surface area contributed by atoms with Crippen LogP contribution in [0.4, 0.5) is 17.5 Å². The number of benzene rings is 2. The van der Waals surface area contributed by atoms with E-state index in [4.69, 9.17) is 52.0 Å². The van der Waals surface area contributed by atoms with Gasteiger partial charge in [-0.15, -0.1) is 0 Å². The summed E-state index contributed by atoms with van der Waals surface area (Å²) in [6.45, 7) is 6.40. The molecule has 12 nitrogen and oxygen atoms in total. The van der Waals surface area contributed by atoms with Gasteiger partial charge in [-0.25, -0.2) is 19.9 Å². The lowest BCUT2D eigenvalue weighted by molar-refractivity contribution is 0.0975. The van der Waals surface area contributed by atoms with Crippen molar-refractivity contribution in [1.29, 1.82) is 0 Å². The van der Waals surface area contributed by atoms with E-state index < -0.39 is 0 Å². The number of nitrogen functional groups attached to an aromatic ring is 2. The molecule has 63 heavy (non-hydrogen) atoms. The normalized spacial score (nSPS) is 15.0. The minimum Gasteiger partial charge on any atom is -0.383 e. The summed E-state index contributed by atoms with van der Waals surface area (Å²) in [5.74, 6) is 3.00. The average Bonchev–Trinajstić information content (AvgIpc) is 3.29. The molecule has 6 heterocycles. The molecule has 15 heteroatoms. The lowest BCUT2D eigenvalue weighted by Gasteiger charge is -2.29. The second kappa shape index (κ2) is 23.1. The summed E-state index contributed by atoms with van der Waals surface area (Å²) in [5.41, 5.74) is 20.3. The number of likely N-dealkylation sites (tertiary alicyclic amines) is 2. The molecule has 0 saturated carbocycles. The number of nitrogens with one attached hydrogen (secondary N) is 1. The zero-order valence-corrected chi connectivity index (χ0v) is 38.3. The van der Waals surface area contributed by atoms with Crippen molar-refractivity contribution in [2.24, 2.45) is 17.6 Å². The van der Waals surface area contributed by atoms with Crippen LogP contribution in [0.3, 0.4) is 0 Å². The van der Waals surface area contributed by atoms with Gasteiger partial charge in [0.15, 0.2) is 11.6 Å². The number of piperidine rings is 2. The molecule has 8 rings (SSSR count). The van der Waals surface area contributed by atoms with Crippen molar-refractivity contribution in [2.45, 2.75) is 51.4 Å². The van der Waals surface area contributed by atoms with Crippen molar-refractivity contribution < 1.29 is 9.59 Å². The number of pyridine rings is 4. The average molecular weight is 912 g/mol. The molecule has 2 saturated heterocycles. The van der Waals surface area contributed by atoms with Crippen molar-refractivity contribution >= 4 is 85.4 Å². The molecular weight excluding hydrogens is 855 g/mol. The number of Topliss-reactive ketones (excluding diaryl/α,β-unsaturated/α-hetero) is 2. The van der Waals surface area contributed by atoms with Crippen LogP contribution in [-0.4, -0.2) is 94.7 Å². The van der Waals surface area contributed by atoms with E-state index in [0.29, 0.717) is 70.2 Å². The number of anilines is 3. The van der Waals surface area contributed by atoms with E-state index in [1.165, 1.54) is 32.1 Å². The first kappa shape index (κ1) is 47.5. The number of carbonyl (C=O) groups excluding carboxylic acids is 2. The Bertz CT molecular complexity index is 2490. The summed E-state index contributed by atoms with van der Waals surface area (Å²) in [7, 11) is 4.33. The first-order chi connectivity index (χ1) is 30.4. The van der Waals surface area contributed by atoms with E-state index in [-0.39, 0.29) is 16.7 Å². The van der Waals surface area contributed by atoms with Crippen molar-refractivity contribution in [3.8, 4) is 0 Å². The Morgan fingerprint density at radius 2 is 1.13 bits per heavy atom. The molecule has 0 unspecified atom stereocenters. The van der Waals surface area contributed by atoms with E-state index in [1.54, 1.807) is 30.7 Å². The van der Waals surface area contributed by atoms with Crippen molar-refractivity contribution in [3.05, 3.63) is 123 Å². The van der Waals surface area contributed by atoms with E-state index >= 15 is 0 Å². The van der Waals surface area contributed by atoms with Crippen molar-refractivity contribution in [1.82, 2.24) is 29.7 Å². The maximum absolute atomic E-state index is 13.0. The van der Waals surface area contributed by atoms with Crippen molar-refractivity contribution in [3.63, 3.8) is 0 Å².